The van der Waals surface area contributed by atoms with Gasteiger partial charge in [0.2, 0.25) is 0 Å². The number of ether oxygens (including phenoxy) is 1. The molecule has 0 spiro atoms. The fourth-order valence-electron chi connectivity index (χ4n) is 13.8. The summed E-state index contributed by atoms with van der Waals surface area (Å²) in [5.41, 5.74) is 13.2. The predicted octanol–water partition coefficient (Wildman–Crippen LogP) is 12.4. The molecule has 11 aromatic rings. The van der Waals surface area contributed by atoms with Crippen LogP contribution < -0.4 is 67.5 Å². The number of fused-ring (bicyclic) bond motifs is 4. The fourth-order valence-corrected chi connectivity index (χ4v) is 23.9. The molecule has 0 amide bonds. The first-order chi connectivity index (χ1) is 40.1. The molecule has 11 aromatic carbocycles. The van der Waals surface area contributed by atoms with Gasteiger partial charge in [-0.15, -0.1) is 0 Å². The summed E-state index contributed by atoms with van der Waals surface area (Å²) in [4.78, 5) is 2.57. The van der Waals surface area contributed by atoms with Gasteiger partial charge in [-0.25, -0.2) is 0 Å². The lowest BCUT2D eigenvalue weighted by Gasteiger charge is -2.43. The van der Waals surface area contributed by atoms with Crippen molar-refractivity contribution in [2.24, 2.45) is 0 Å². The van der Waals surface area contributed by atoms with Crippen molar-refractivity contribution in [3.63, 3.8) is 0 Å². The summed E-state index contributed by atoms with van der Waals surface area (Å²) in [5, 5.41) is 10.6. The Hall–Kier alpha value is -8.48. The summed E-state index contributed by atoms with van der Waals surface area (Å²) in [7, 11) is -6.61. The normalized spacial score (nSPS) is 13.2. The number of hydrogen-bond donors (Lipinski definition) is 0. The standard InChI is InChI=1S/C78H72BNOSi2/c1-76(2,3)56-43-47-59(48-44-56)80-68-49-45-57(77(4,5)6)53-66(68)79-67-54-58(78(7,8)9)46-50-70(67)81-71-52-55(51-69(80)75(71)79)74-72(82(60-29-16-10-17-30-60,61-31-18-11-19-32-61)62-33-20-12-21-34-62)41-28-42-73(74)83(63-35-22-13-23-36-63,64-37-24-14-25-38-64)65-39-26-15-27-40-65/h10-54H,1-9H3. The number of nitrogens with zero attached hydrogens (tertiary/aromatic N) is 1. The lowest BCUT2D eigenvalue weighted by molar-refractivity contribution is 0.486. The van der Waals surface area contributed by atoms with E-state index in [1.165, 1.54) is 85.8 Å². The van der Waals surface area contributed by atoms with E-state index in [1.807, 2.05) is 0 Å². The summed E-state index contributed by atoms with van der Waals surface area (Å²) in [6.45, 7) is 20.8. The van der Waals surface area contributed by atoms with Crippen LogP contribution in [0.4, 0.5) is 17.1 Å². The average Bonchev–Trinajstić information content (AvgIpc) is 0.903. The molecule has 0 bridgehead atoms. The van der Waals surface area contributed by atoms with Gasteiger partial charge in [-0.1, -0.05) is 299 Å². The minimum Gasteiger partial charge on any atom is -0.458 e. The summed E-state index contributed by atoms with van der Waals surface area (Å²) >= 11 is 0. The highest BCUT2D eigenvalue weighted by molar-refractivity contribution is 7.23. The molecule has 2 heterocycles. The SMILES string of the molecule is CC(C)(C)c1ccc(N2c3ccc(C(C)(C)C)cc3B3c4cc(C(C)(C)C)ccc4Oc4cc(-c5c([Si](c6ccccc6)(c6ccccc6)c6ccccc6)cccc5[Si](c5ccccc5)(c5ccccc5)c5ccccc5)cc2c43)cc1. The maximum Gasteiger partial charge on any atom is 0.256 e. The summed E-state index contributed by atoms with van der Waals surface area (Å²) in [6.07, 6.45) is 0. The van der Waals surface area contributed by atoms with Crippen LogP contribution in [-0.4, -0.2) is 22.9 Å². The lowest BCUT2D eigenvalue weighted by atomic mass is 9.33. The third-order valence-electron chi connectivity index (χ3n) is 17.9. The number of anilines is 3. The van der Waals surface area contributed by atoms with Crippen LogP contribution in [0.25, 0.3) is 11.1 Å². The molecule has 13 rings (SSSR count). The highest BCUT2D eigenvalue weighted by atomic mass is 28.3. The van der Waals surface area contributed by atoms with Crippen LogP contribution in [0.1, 0.15) is 79.0 Å². The van der Waals surface area contributed by atoms with E-state index >= 15 is 0 Å². The lowest BCUT2D eigenvalue weighted by Crippen LogP contribution is -2.78. The predicted molar refractivity (Wildman–Crippen MR) is 361 cm³/mol. The molecule has 2 nitrogen and oxygen atoms in total. The molecule has 0 aliphatic carbocycles. The molecule has 0 atom stereocenters. The Kier molecular flexibility index (Phi) is 13.4. The largest absolute Gasteiger partial charge is 0.458 e. The van der Waals surface area contributed by atoms with Crippen LogP contribution in [0.15, 0.2) is 273 Å². The Morgan fingerprint density at radius 2 is 0.699 bits per heavy atom. The molecule has 5 heteroatoms. The van der Waals surface area contributed by atoms with E-state index in [1.54, 1.807) is 0 Å². The van der Waals surface area contributed by atoms with Crippen molar-refractivity contribution in [1.82, 2.24) is 0 Å². The Morgan fingerprint density at radius 3 is 1.10 bits per heavy atom. The molecule has 2 aliphatic heterocycles. The van der Waals surface area contributed by atoms with E-state index in [-0.39, 0.29) is 23.0 Å². The molecule has 0 fully saturated rings. The molecule has 83 heavy (non-hydrogen) atoms. The maximum absolute atomic E-state index is 7.67. The Bertz CT molecular complexity index is 3810. The van der Waals surface area contributed by atoms with Crippen molar-refractivity contribution in [2.45, 2.75) is 78.6 Å². The third-order valence-corrected chi connectivity index (χ3v) is 27.5. The topological polar surface area (TPSA) is 12.5 Å². The molecular formula is C78H72BNOSi2. The second-order valence-corrected chi connectivity index (χ2v) is 33.6. The van der Waals surface area contributed by atoms with Gasteiger partial charge >= 0.3 is 0 Å². The van der Waals surface area contributed by atoms with Crippen LogP contribution in [0.5, 0.6) is 11.5 Å². The van der Waals surface area contributed by atoms with Crippen LogP contribution >= 0.6 is 0 Å². The quantitative estimate of drug-likeness (QED) is 0.1000. The van der Waals surface area contributed by atoms with E-state index in [0.717, 1.165) is 28.4 Å². The van der Waals surface area contributed by atoms with E-state index < -0.39 is 16.1 Å². The Labute approximate surface area is 495 Å². The van der Waals surface area contributed by atoms with Gasteiger partial charge in [-0.3, -0.25) is 0 Å². The van der Waals surface area contributed by atoms with Crippen LogP contribution in [0.3, 0.4) is 0 Å². The summed E-state index contributed by atoms with van der Waals surface area (Å²) in [5.74, 6) is 1.80. The van der Waals surface area contributed by atoms with Crippen molar-refractivity contribution >= 4 is 97.8 Å². The molecule has 0 radical (unpaired) electrons. The zero-order chi connectivity index (χ0) is 57.3. The van der Waals surface area contributed by atoms with E-state index in [0.29, 0.717) is 0 Å². The van der Waals surface area contributed by atoms with Crippen molar-refractivity contribution in [1.29, 1.82) is 0 Å². The smallest absolute Gasteiger partial charge is 0.256 e. The van der Waals surface area contributed by atoms with E-state index in [4.69, 9.17) is 4.74 Å². The van der Waals surface area contributed by atoms with Crippen LogP contribution in [0, 0.1) is 0 Å². The molecule has 0 aromatic heterocycles. The number of hydrogen-bond acceptors (Lipinski definition) is 2. The second kappa shape index (κ2) is 20.7. The molecule has 0 saturated heterocycles. The van der Waals surface area contributed by atoms with Gasteiger partial charge in [0.1, 0.15) is 11.5 Å². The van der Waals surface area contributed by atoms with Gasteiger partial charge in [0.15, 0.2) is 16.1 Å². The zero-order valence-electron chi connectivity index (χ0n) is 49.4. The zero-order valence-corrected chi connectivity index (χ0v) is 51.4. The van der Waals surface area contributed by atoms with Gasteiger partial charge in [-0.2, -0.15) is 0 Å². The monoisotopic (exact) mass is 1110 g/mol. The Balaban J connectivity index is 1.24. The molecular weight excluding hydrogens is 1030 g/mol. The van der Waals surface area contributed by atoms with Gasteiger partial charge in [0, 0.05) is 17.1 Å². The van der Waals surface area contributed by atoms with Crippen molar-refractivity contribution < 1.29 is 4.74 Å². The van der Waals surface area contributed by atoms with E-state index in [9.17, 15) is 0 Å². The average molecular weight is 1110 g/mol. The highest BCUT2D eigenvalue weighted by Crippen LogP contribution is 2.45. The first-order valence-electron chi connectivity index (χ1n) is 29.6. The van der Waals surface area contributed by atoms with Crippen LogP contribution in [0.2, 0.25) is 0 Å². The molecule has 0 saturated carbocycles. The minimum atomic E-state index is -3.30. The highest BCUT2D eigenvalue weighted by Gasteiger charge is 2.50. The van der Waals surface area contributed by atoms with Gasteiger partial charge in [0.05, 0.1) is 0 Å². The summed E-state index contributed by atoms with van der Waals surface area (Å²) < 4.78 is 7.67. The van der Waals surface area contributed by atoms with Gasteiger partial charge in [-0.05, 0) is 138 Å². The summed E-state index contributed by atoms with van der Waals surface area (Å²) in [6, 6.07) is 105. The number of rotatable bonds is 10. The maximum atomic E-state index is 7.67. The second-order valence-electron chi connectivity index (χ2n) is 26.0. The van der Waals surface area contributed by atoms with E-state index in [2.05, 4.69) is 340 Å². The fraction of sp³-hybridized carbons (Fsp3) is 0.154. The van der Waals surface area contributed by atoms with Gasteiger partial charge < -0.3 is 9.64 Å². The van der Waals surface area contributed by atoms with Gasteiger partial charge in [0.25, 0.3) is 6.71 Å². The van der Waals surface area contributed by atoms with Crippen molar-refractivity contribution in [3.8, 4) is 22.6 Å². The molecule has 0 N–H and O–H groups in total. The first-order valence-corrected chi connectivity index (χ1v) is 33.6. The van der Waals surface area contributed by atoms with Crippen molar-refractivity contribution in [3.05, 3.63) is 290 Å². The van der Waals surface area contributed by atoms with Crippen molar-refractivity contribution in [2.75, 3.05) is 4.90 Å². The third kappa shape index (κ3) is 9.08. The molecule has 2 aliphatic rings. The Morgan fingerprint density at radius 1 is 0.325 bits per heavy atom. The first kappa shape index (κ1) is 53.8. The minimum absolute atomic E-state index is 0.0220. The van der Waals surface area contributed by atoms with Crippen LogP contribution in [-0.2, 0) is 16.2 Å². The molecule has 0 unspecified atom stereocenters. The molecule has 406 valence electrons. The number of benzene rings is 11.